The third kappa shape index (κ3) is 2.21. The second-order valence-electron chi connectivity index (χ2n) is 7.46. The highest BCUT2D eigenvalue weighted by atomic mass is 16.1. The van der Waals surface area contributed by atoms with Gasteiger partial charge in [-0.2, -0.15) is 0 Å². The van der Waals surface area contributed by atoms with Gasteiger partial charge in [0, 0.05) is 6.42 Å². The standard InChI is InChI=1S/C16H26O/c1-11-8-14(17)9-12-6-7-13(15(2,3)4)10-16(11,12)5/h9,11,13H,6-8,10H2,1-5H3/t11-,13-,16+/m1/s1. The molecule has 96 valence electrons. The fourth-order valence-corrected chi connectivity index (χ4v) is 3.63. The molecule has 1 nitrogen and oxygen atoms in total. The van der Waals surface area contributed by atoms with Gasteiger partial charge in [-0.3, -0.25) is 4.79 Å². The summed E-state index contributed by atoms with van der Waals surface area (Å²) in [6.07, 6.45) is 6.35. The van der Waals surface area contributed by atoms with Crippen LogP contribution in [0.2, 0.25) is 0 Å². The van der Waals surface area contributed by atoms with Crippen molar-refractivity contribution in [2.24, 2.45) is 22.7 Å². The maximum atomic E-state index is 11.7. The third-order valence-corrected chi connectivity index (χ3v) is 5.32. The number of fused-ring (bicyclic) bond motifs is 1. The molecule has 2 aliphatic rings. The molecule has 0 spiro atoms. The summed E-state index contributed by atoms with van der Waals surface area (Å²) in [5.41, 5.74) is 2.11. The lowest BCUT2D eigenvalue weighted by Gasteiger charge is -2.49. The monoisotopic (exact) mass is 234 g/mol. The van der Waals surface area contributed by atoms with Crippen LogP contribution < -0.4 is 0 Å². The highest BCUT2D eigenvalue weighted by Gasteiger charge is 2.45. The summed E-state index contributed by atoms with van der Waals surface area (Å²) >= 11 is 0. The molecular formula is C16H26O. The summed E-state index contributed by atoms with van der Waals surface area (Å²) in [6.45, 7) is 11.7. The Hall–Kier alpha value is -0.590. The van der Waals surface area contributed by atoms with E-state index in [2.05, 4.69) is 34.6 Å². The minimum atomic E-state index is 0.282. The molecular weight excluding hydrogens is 208 g/mol. The van der Waals surface area contributed by atoms with E-state index in [0.29, 0.717) is 17.1 Å². The van der Waals surface area contributed by atoms with E-state index < -0.39 is 0 Å². The Balaban J connectivity index is 2.28. The van der Waals surface area contributed by atoms with Crippen molar-refractivity contribution in [3.8, 4) is 0 Å². The average molecular weight is 234 g/mol. The zero-order valence-electron chi connectivity index (χ0n) is 12.0. The van der Waals surface area contributed by atoms with Crippen molar-refractivity contribution in [2.75, 3.05) is 0 Å². The molecule has 2 rings (SSSR count). The van der Waals surface area contributed by atoms with Gasteiger partial charge in [0.25, 0.3) is 0 Å². The lowest BCUT2D eigenvalue weighted by Crippen LogP contribution is -2.41. The molecule has 0 bridgehead atoms. The number of carbonyl (C=O) groups is 1. The van der Waals surface area contributed by atoms with Gasteiger partial charge in [-0.1, -0.05) is 40.2 Å². The first kappa shape index (κ1) is 12.9. The highest BCUT2D eigenvalue weighted by Crippen LogP contribution is 2.54. The zero-order chi connectivity index (χ0) is 12.8. The zero-order valence-corrected chi connectivity index (χ0v) is 12.0. The van der Waals surface area contributed by atoms with E-state index in [1.54, 1.807) is 0 Å². The first-order valence-corrected chi connectivity index (χ1v) is 6.97. The van der Waals surface area contributed by atoms with Gasteiger partial charge in [-0.25, -0.2) is 0 Å². The molecule has 1 heteroatoms. The van der Waals surface area contributed by atoms with Gasteiger partial charge < -0.3 is 0 Å². The summed E-state index contributed by atoms with van der Waals surface area (Å²) in [5.74, 6) is 1.65. The van der Waals surface area contributed by atoms with E-state index in [4.69, 9.17) is 0 Å². The second-order valence-corrected chi connectivity index (χ2v) is 7.46. The van der Waals surface area contributed by atoms with Crippen LogP contribution in [-0.4, -0.2) is 5.78 Å². The molecule has 1 fully saturated rings. The Morgan fingerprint density at radius 2 is 2.00 bits per heavy atom. The number of hydrogen-bond acceptors (Lipinski definition) is 1. The van der Waals surface area contributed by atoms with Gasteiger partial charge >= 0.3 is 0 Å². The van der Waals surface area contributed by atoms with E-state index in [9.17, 15) is 4.79 Å². The smallest absolute Gasteiger partial charge is 0.155 e. The number of hydrogen-bond donors (Lipinski definition) is 0. The summed E-state index contributed by atoms with van der Waals surface area (Å²) in [6, 6.07) is 0. The highest BCUT2D eigenvalue weighted by molar-refractivity contribution is 5.92. The van der Waals surface area contributed by atoms with Crippen LogP contribution in [0.15, 0.2) is 11.6 Å². The Morgan fingerprint density at radius 1 is 1.35 bits per heavy atom. The lowest BCUT2D eigenvalue weighted by atomic mass is 9.55. The van der Waals surface area contributed by atoms with Crippen molar-refractivity contribution < 1.29 is 4.79 Å². The third-order valence-electron chi connectivity index (χ3n) is 5.32. The quantitative estimate of drug-likeness (QED) is 0.608. The van der Waals surface area contributed by atoms with Crippen LogP contribution in [0.3, 0.4) is 0 Å². The molecule has 0 unspecified atom stereocenters. The van der Waals surface area contributed by atoms with E-state index in [1.165, 1.54) is 18.4 Å². The maximum Gasteiger partial charge on any atom is 0.155 e. The van der Waals surface area contributed by atoms with E-state index in [0.717, 1.165) is 18.8 Å². The Bertz CT molecular complexity index is 358. The van der Waals surface area contributed by atoms with Crippen molar-refractivity contribution in [3.63, 3.8) is 0 Å². The predicted octanol–water partition coefficient (Wildman–Crippen LogP) is 4.37. The average Bonchev–Trinajstić information content (AvgIpc) is 2.18. The fraction of sp³-hybridized carbons (Fsp3) is 0.812. The van der Waals surface area contributed by atoms with Crippen molar-refractivity contribution in [1.82, 2.24) is 0 Å². The molecule has 17 heavy (non-hydrogen) atoms. The van der Waals surface area contributed by atoms with Crippen LogP contribution in [0, 0.1) is 22.7 Å². The SMILES string of the molecule is C[C@@H]1CC(=O)C=C2CC[C@@H](C(C)(C)C)C[C@]21C. The van der Waals surface area contributed by atoms with Crippen LogP contribution >= 0.6 is 0 Å². The molecule has 0 amide bonds. The minimum absolute atomic E-state index is 0.282. The number of ketones is 1. The van der Waals surface area contributed by atoms with Crippen LogP contribution in [0.1, 0.15) is 60.3 Å². The first-order valence-electron chi connectivity index (χ1n) is 6.97. The second kappa shape index (κ2) is 3.96. The number of allylic oxidation sites excluding steroid dienone is 2. The topological polar surface area (TPSA) is 17.1 Å². The largest absolute Gasteiger partial charge is 0.295 e. The molecule has 0 aromatic carbocycles. The molecule has 1 saturated carbocycles. The van der Waals surface area contributed by atoms with E-state index in [1.807, 2.05) is 6.08 Å². The molecule has 0 saturated heterocycles. The molecule has 0 heterocycles. The lowest BCUT2D eigenvalue weighted by molar-refractivity contribution is -0.117. The molecule has 0 aliphatic heterocycles. The Kier molecular flexibility index (Phi) is 3.00. The van der Waals surface area contributed by atoms with Crippen molar-refractivity contribution >= 4 is 5.78 Å². The molecule has 0 aromatic rings. The van der Waals surface area contributed by atoms with Gasteiger partial charge in [0.2, 0.25) is 0 Å². The molecule has 3 atom stereocenters. The summed E-state index contributed by atoms with van der Waals surface area (Å²) in [7, 11) is 0. The molecule has 0 N–H and O–H groups in total. The van der Waals surface area contributed by atoms with Gasteiger partial charge in [0.1, 0.15) is 0 Å². The maximum absolute atomic E-state index is 11.7. The minimum Gasteiger partial charge on any atom is -0.295 e. The van der Waals surface area contributed by atoms with Gasteiger partial charge in [-0.15, -0.1) is 0 Å². The molecule has 0 radical (unpaired) electrons. The predicted molar refractivity (Wildman–Crippen MR) is 71.8 cm³/mol. The summed E-state index contributed by atoms with van der Waals surface area (Å²) in [5, 5.41) is 0. The number of carbonyl (C=O) groups excluding carboxylic acids is 1. The molecule has 2 aliphatic carbocycles. The van der Waals surface area contributed by atoms with Crippen molar-refractivity contribution in [2.45, 2.75) is 60.3 Å². The number of rotatable bonds is 0. The van der Waals surface area contributed by atoms with Gasteiger partial charge in [0.15, 0.2) is 5.78 Å². The van der Waals surface area contributed by atoms with Crippen LogP contribution in [0.5, 0.6) is 0 Å². The summed E-state index contributed by atoms with van der Waals surface area (Å²) < 4.78 is 0. The van der Waals surface area contributed by atoms with Crippen LogP contribution in [0.25, 0.3) is 0 Å². The molecule has 0 aromatic heterocycles. The van der Waals surface area contributed by atoms with E-state index >= 15 is 0 Å². The first-order chi connectivity index (χ1) is 7.73. The van der Waals surface area contributed by atoms with Crippen LogP contribution in [-0.2, 0) is 4.79 Å². The fourth-order valence-electron chi connectivity index (χ4n) is 3.63. The van der Waals surface area contributed by atoms with Crippen molar-refractivity contribution in [3.05, 3.63) is 11.6 Å². The van der Waals surface area contributed by atoms with Gasteiger partial charge in [-0.05, 0) is 48.0 Å². The Morgan fingerprint density at radius 3 is 2.59 bits per heavy atom. The Labute approximate surface area is 106 Å². The van der Waals surface area contributed by atoms with E-state index in [-0.39, 0.29) is 5.41 Å². The van der Waals surface area contributed by atoms with Crippen LogP contribution in [0.4, 0.5) is 0 Å². The van der Waals surface area contributed by atoms with Gasteiger partial charge in [0.05, 0.1) is 0 Å². The van der Waals surface area contributed by atoms with Crippen molar-refractivity contribution in [1.29, 1.82) is 0 Å². The summed E-state index contributed by atoms with van der Waals surface area (Å²) in [4.78, 5) is 11.7. The normalized spacial score (nSPS) is 38.6.